The third kappa shape index (κ3) is 4.65. The molecule has 2 fully saturated rings. The number of rotatable bonds is 5. The molecule has 32 heavy (non-hydrogen) atoms. The van der Waals surface area contributed by atoms with Crippen LogP contribution in [-0.2, 0) is 16.1 Å². The maximum atomic E-state index is 12.6. The van der Waals surface area contributed by atoms with Gasteiger partial charge in [0.25, 0.3) is 0 Å². The van der Waals surface area contributed by atoms with Crippen molar-refractivity contribution in [3.8, 4) is 11.1 Å². The smallest absolute Gasteiger partial charge is 0.229 e. The number of imidazole rings is 1. The van der Waals surface area contributed by atoms with Gasteiger partial charge in [-0.1, -0.05) is 17.7 Å². The highest BCUT2D eigenvalue weighted by Crippen LogP contribution is 2.32. The minimum atomic E-state index is -0.0273. The van der Waals surface area contributed by atoms with Crippen LogP contribution in [0.4, 0.5) is 5.82 Å². The van der Waals surface area contributed by atoms with E-state index in [0.29, 0.717) is 23.3 Å². The van der Waals surface area contributed by atoms with E-state index in [0.717, 1.165) is 74.1 Å². The van der Waals surface area contributed by atoms with E-state index < -0.39 is 0 Å². The van der Waals surface area contributed by atoms with Gasteiger partial charge < -0.3 is 19.9 Å². The average molecular weight is 454 g/mol. The predicted molar refractivity (Wildman–Crippen MR) is 126 cm³/mol. The van der Waals surface area contributed by atoms with E-state index >= 15 is 0 Å². The van der Waals surface area contributed by atoms with Gasteiger partial charge in [0.1, 0.15) is 5.82 Å². The lowest BCUT2D eigenvalue weighted by Crippen LogP contribution is -2.37. The Morgan fingerprint density at radius 1 is 1.22 bits per heavy atom. The largest absolute Gasteiger partial charge is 0.381 e. The third-order valence-corrected chi connectivity index (χ3v) is 6.80. The van der Waals surface area contributed by atoms with E-state index in [4.69, 9.17) is 16.3 Å². The highest BCUT2D eigenvalue weighted by atomic mass is 35.5. The van der Waals surface area contributed by atoms with Gasteiger partial charge in [0.15, 0.2) is 0 Å². The number of nitrogens with one attached hydrogen (secondary N) is 2. The number of carbonyl (C=O) groups excluding carboxylic acids is 1. The number of hydrogen-bond donors (Lipinski definition) is 2. The fraction of sp³-hybridized carbons (Fsp3) is 0.458. The highest BCUT2D eigenvalue weighted by Gasteiger charge is 2.22. The van der Waals surface area contributed by atoms with Crippen LogP contribution in [0.5, 0.6) is 0 Å². The lowest BCUT2D eigenvalue weighted by molar-refractivity contribution is -0.120. The van der Waals surface area contributed by atoms with Gasteiger partial charge in [-0.25, -0.2) is 9.97 Å². The number of halogens is 1. The summed E-state index contributed by atoms with van der Waals surface area (Å²) in [5.41, 5.74) is 3.87. The second-order valence-corrected chi connectivity index (χ2v) is 9.15. The molecule has 0 aliphatic carbocycles. The van der Waals surface area contributed by atoms with Crippen LogP contribution in [0.25, 0.3) is 22.2 Å². The zero-order chi connectivity index (χ0) is 21.9. The number of nitrogens with zero attached hydrogens (tertiary/aromatic N) is 3. The van der Waals surface area contributed by atoms with Crippen molar-refractivity contribution in [2.24, 2.45) is 11.8 Å². The van der Waals surface area contributed by atoms with E-state index in [-0.39, 0.29) is 11.8 Å². The normalized spacial score (nSPS) is 19.8. The molecule has 2 saturated heterocycles. The Morgan fingerprint density at radius 2 is 2.09 bits per heavy atom. The molecule has 4 heterocycles. The number of benzene rings is 1. The van der Waals surface area contributed by atoms with Gasteiger partial charge in [0.05, 0.1) is 28.3 Å². The predicted octanol–water partition coefficient (Wildman–Crippen LogP) is 4.12. The van der Waals surface area contributed by atoms with Gasteiger partial charge in [-0.3, -0.25) is 4.79 Å². The first-order valence-corrected chi connectivity index (χ1v) is 11.8. The molecule has 2 aliphatic rings. The van der Waals surface area contributed by atoms with E-state index in [2.05, 4.69) is 31.2 Å². The Hall–Kier alpha value is -2.48. The average Bonchev–Trinajstić information content (AvgIpc) is 3.23. The minimum absolute atomic E-state index is 0.00274. The molecule has 1 amide bonds. The maximum absolute atomic E-state index is 12.6. The monoisotopic (exact) mass is 453 g/mol. The first-order chi connectivity index (χ1) is 15.7. The summed E-state index contributed by atoms with van der Waals surface area (Å²) < 4.78 is 7.72. The van der Waals surface area contributed by atoms with E-state index in [1.165, 1.54) is 0 Å². The molecule has 0 radical (unpaired) electrons. The Balaban J connectivity index is 1.39. The van der Waals surface area contributed by atoms with Crippen molar-refractivity contribution < 1.29 is 9.53 Å². The van der Waals surface area contributed by atoms with Gasteiger partial charge in [-0.05, 0) is 61.9 Å². The van der Waals surface area contributed by atoms with Crippen molar-refractivity contribution in [1.29, 1.82) is 0 Å². The summed E-state index contributed by atoms with van der Waals surface area (Å²) in [6.45, 7) is 4.28. The molecule has 168 valence electrons. The van der Waals surface area contributed by atoms with Crippen molar-refractivity contribution in [3.63, 3.8) is 0 Å². The lowest BCUT2D eigenvalue weighted by atomic mass is 9.99. The first kappa shape index (κ1) is 21.4. The number of aromatic nitrogens is 3. The van der Waals surface area contributed by atoms with E-state index in [1.54, 1.807) is 6.20 Å². The van der Waals surface area contributed by atoms with Crippen LogP contribution in [0.2, 0.25) is 5.02 Å². The van der Waals surface area contributed by atoms with Gasteiger partial charge in [-0.15, -0.1) is 0 Å². The van der Waals surface area contributed by atoms with Gasteiger partial charge in [0, 0.05) is 38.1 Å². The highest BCUT2D eigenvalue weighted by molar-refractivity contribution is 6.33. The molecule has 0 spiro atoms. The number of anilines is 1. The fourth-order valence-corrected chi connectivity index (χ4v) is 4.82. The number of amides is 1. The summed E-state index contributed by atoms with van der Waals surface area (Å²) >= 11 is 6.51. The minimum Gasteiger partial charge on any atom is -0.381 e. The molecule has 0 saturated carbocycles. The summed E-state index contributed by atoms with van der Waals surface area (Å²) in [4.78, 5) is 21.5. The van der Waals surface area contributed by atoms with Crippen molar-refractivity contribution >= 4 is 34.4 Å². The Bertz CT molecular complexity index is 1100. The Kier molecular flexibility index (Phi) is 6.39. The molecule has 2 aromatic heterocycles. The zero-order valence-corrected chi connectivity index (χ0v) is 18.8. The molecule has 0 bridgehead atoms. The van der Waals surface area contributed by atoms with Crippen LogP contribution >= 0.6 is 11.6 Å². The van der Waals surface area contributed by atoms with Crippen molar-refractivity contribution in [2.45, 2.75) is 32.2 Å². The molecule has 1 atom stereocenters. The molecular weight excluding hydrogens is 426 g/mol. The topological polar surface area (TPSA) is 81.1 Å². The Labute approximate surface area is 192 Å². The van der Waals surface area contributed by atoms with Gasteiger partial charge >= 0.3 is 0 Å². The fourth-order valence-electron chi connectivity index (χ4n) is 4.61. The molecule has 8 heteroatoms. The van der Waals surface area contributed by atoms with Crippen LogP contribution in [0.1, 0.15) is 25.7 Å². The standard InChI is InChI=1S/C24H28ClN5O2/c25-20-13-27-23(29-24(31)18-2-1-7-26-12-18)11-19(20)17-3-4-21-22(10-17)30(15-28-21)14-16-5-8-32-9-6-16/h3-4,10-11,13,15-16,18,26H,1-2,5-9,12,14H2,(H,27,29,31). The van der Waals surface area contributed by atoms with Crippen LogP contribution in [-0.4, -0.2) is 46.7 Å². The number of piperidine rings is 1. The lowest BCUT2D eigenvalue weighted by Gasteiger charge is -2.22. The van der Waals surface area contributed by atoms with Crippen LogP contribution in [0.3, 0.4) is 0 Å². The molecule has 2 aliphatic heterocycles. The number of carbonyl (C=O) groups is 1. The Morgan fingerprint density at radius 3 is 2.91 bits per heavy atom. The summed E-state index contributed by atoms with van der Waals surface area (Å²) in [5.74, 6) is 1.10. The van der Waals surface area contributed by atoms with Crippen LogP contribution < -0.4 is 10.6 Å². The second kappa shape index (κ2) is 9.57. The third-order valence-electron chi connectivity index (χ3n) is 6.50. The van der Waals surface area contributed by atoms with Crippen molar-refractivity contribution in [1.82, 2.24) is 19.9 Å². The summed E-state index contributed by atoms with van der Waals surface area (Å²) in [6.07, 6.45) is 7.59. The van der Waals surface area contributed by atoms with E-state index in [9.17, 15) is 4.79 Å². The summed E-state index contributed by atoms with van der Waals surface area (Å²) in [7, 11) is 0. The quantitative estimate of drug-likeness (QED) is 0.607. The molecule has 3 aromatic rings. The molecule has 7 nitrogen and oxygen atoms in total. The number of pyridine rings is 1. The first-order valence-electron chi connectivity index (χ1n) is 11.4. The number of ether oxygens (including phenoxy) is 1. The molecule has 1 unspecified atom stereocenters. The SMILES string of the molecule is O=C(Nc1cc(-c2ccc3ncn(CC4CCOCC4)c3c2)c(Cl)cn1)C1CCCNC1. The van der Waals surface area contributed by atoms with Crippen LogP contribution in [0.15, 0.2) is 36.8 Å². The maximum Gasteiger partial charge on any atom is 0.229 e. The van der Waals surface area contributed by atoms with Crippen molar-refractivity contribution in [2.75, 3.05) is 31.6 Å². The van der Waals surface area contributed by atoms with Crippen LogP contribution in [0, 0.1) is 11.8 Å². The van der Waals surface area contributed by atoms with Crippen molar-refractivity contribution in [3.05, 3.63) is 41.8 Å². The number of hydrogen-bond acceptors (Lipinski definition) is 5. The summed E-state index contributed by atoms with van der Waals surface area (Å²) in [5, 5.41) is 6.80. The zero-order valence-electron chi connectivity index (χ0n) is 18.0. The molecule has 1 aromatic carbocycles. The molecule has 2 N–H and O–H groups in total. The van der Waals surface area contributed by atoms with Gasteiger partial charge in [-0.2, -0.15) is 0 Å². The molecule has 5 rings (SSSR count). The number of fused-ring (bicyclic) bond motifs is 1. The molecular formula is C24H28ClN5O2. The summed E-state index contributed by atoms with van der Waals surface area (Å²) in [6, 6.07) is 8.02. The second-order valence-electron chi connectivity index (χ2n) is 8.74. The van der Waals surface area contributed by atoms with E-state index in [1.807, 2.05) is 24.5 Å². The van der Waals surface area contributed by atoms with Gasteiger partial charge in [0.2, 0.25) is 5.91 Å².